The Morgan fingerprint density at radius 3 is 2.11 bits per heavy atom. The van der Waals surface area contributed by atoms with Crippen molar-refractivity contribution in [2.75, 3.05) is 20.8 Å². The van der Waals surface area contributed by atoms with Gasteiger partial charge in [-0.05, 0) is 90.8 Å². The first-order chi connectivity index (χ1) is 16.7. The van der Waals surface area contributed by atoms with E-state index in [1.807, 2.05) is 14.2 Å². The van der Waals surface area contributed by atoms with Gasteiger partial charge in [0.15, 0.2) is 0 Å². The Balaban J connectivity index is 1.58. The zero-order valence-corrected chi connectivity index (χ0v) is 24.6. The molecule has 5 aliphatic rings. The van der Waals surface area contributed by atoms with Crippen LogP contribution < -0.4 is 0 Å². The third kappa shape index (κ3) is 3.14. The molecule has 4 fully saturated rings. The second kappa shape index (κ2) is 8.29. The second-order valence-electron chi connectivity index (χ2n) is 15.6. The molecular formula is C32H54O4. The van der Waals surface area contributed by atoms with E-state index in [2.05, 4.69) is 54.5 Å². The standard InChI is InChI=1S/C32H54O4/c1-27(2)18-21-20-10-11-23-29(4)14-13-24(34)30(5,19-33)22(29)12-15-32(23,7)31(20,6)17-16-28(21,3)26(36-9)25(27)35-8/h10,21-26,33-34H,11-19H2,1-9H3/t21-,22?,23-,24+,25+,26-,28-,29+,30+,31-,32-/m1/s1. The monoisotopic (exact) mass is 502 g/mol. The number of rotatable bonds is 3. The van der Waals surface area contributed by atoms with Crippen LogP contribution in [0.1, 0.15) is 99.8 Å². The van der Waals surface area contributed by atoms with Gasteiger partial charge in [-0.25, -0.2) is 0 Å². The van der Waals surface area contributed by atoms with Gasteiger partial charge in [-0.3, -0.25) is 0 Å². The molecule has 36 heavy (non-hydrogen) atoms. The number of allylic oxidation sites excluding steroid dienone is 2. The molecule has 4 saturated carbocycles. The molecule has 0 bridgehead atoms. The van der Waals surface area contributed by atoms with E-state index in [-0.39, 0.29) is 45.9 Å². The van der Waals surface area contributed by atoms with E-state index in [1.54, 1.807) is 5.57 Å². The van der Waals surface area contributed by atoms with E-state index in [0.29, 0.717) is 17.8 Å². The molecule has 4 heteroatoms. The molecule has 1 unspecified atom stereocenters. The quantitative estimate of drug-likeness (QED) is 0.439. The van der Waals surface area contributed by atoms with Gasteiger partial charge in [0.1, 0.15) is 0 Å². The SMILES string of the molecule is CO[C@@H]1[C@H](OC)C(C)(C)C[C@@H]2C3=CC[C@@H]4[C@@]5(C)CC[C@H](O)[C@@](C)(CO)C5CC[C@@]4(C)[C@]3(C)CC[C@]21C. The maximum absolute atomic E-state index is 11.0. The fourth-order valence-corrected chi connectivity index (χ4v) is 11.5. The van der Waals surface area contributed by atoms with Crippen molar-refractivity contribution >= 4 is 0 Å². The number of ether oxygens (including phenoxy) is 2. The van der Waals surface area contributed by atoms with Gasteiger partial charge < -0.3 is 19.7 Å². The third-order valence-electron chi connectivity index (χ3n) is 13.9. The summed E-state index contributed by atoms with van der Waals surface area (Å²) in [6, 6.07) is 0. The van der Waals surface area contributed by atoms with E-state index >= 15 is 0 Å². The molecule has 0 spiro atoms. The summed E-state index contributed by atoms with van der Waals surface area (Å²) < 4.78 is 12.4. The van der Waals surface area contributed by atoms with Crippen molar-refractivity contribution in [3.8, 4) is 0 Å². The highest BCUT2D eigenvalue weighted by atomic mass is 16.5. The summed E-state index contributed by atoms with van der Waals surface area (Å²) in [5.41, 5.74) is 2.02. The molecule has 0 aromatic heterocycles. The average molecular weight is 503 g/mol. The molecule has 2 N–H and O–H groups in total. The van der Waals surface area contributed by atoms with Crippen molar-refractivity contribution in [2.45, 2.75) is 118 Å². The van der Waals surface area contributed by atoms with Crippen molar-refractivity contribution in [1.82, 2.24) is 0 Å². The van der Waals surface area contributed by atoms with Crippen LogP contribution in [-0.2, 0) is 9.47 Å². The zero-order chi connectivity index (χ0) is 26.5. The predicted octanol–water partition coefficient (Wildman–Crippen LogP) is 6.39. The lowest BCUT2D eigenvalue weighted by Gasteiger charge is -2.72. The largest absolute Gasteiger partial charge is 0.396 e. The number of aliphatic hydroxyl groups is 2. The van der Waals surface area contributed by atoms with Gasteiger partial charge in [0, 0.05) is 25.0 Å². The normalized spacial score (nSPS) is 56.0. The van der Waals surface area contributed by atoms with E-state index in [0.717, 1.165) is 32.1 Å². The number of fused-ring (bicyclic) bond motifs is 7. The van der Waals surface area contributed by atoms with Gasteiger partial charge in [-0.1, -0.05) is 60.1 Å². The molecule has 0 aromatic rings. The van der Waals surface area contributed by atoms with Crippen LogP contribution in [0.25, 0.3) is 0 Å². The van der Waals surface area contributed by atoms with Crippen LogP contribution in [0.5, 0.6) is 0 Å². The fraction of sp³-hybridized carbons (Fsp3) is 0.938. The van der Waals surface area contributed by atoms with E-state index in [9.17, 15) is 10.2 Å². The molecule has 0 aliphatic heterocycles. The Morgan fingerprint density at radius 1 is 0.833 bits per heavy atom. The predicted molar refractivity (Wildman–Crippen MR) is 144 cm³/mol. The van der Waals surface area contributed by atoms with Crippen LogP contribution >= 0.6 is 0 Å². The first-order valence-corrected chi connectivity index (χ1v) is 14.7. The molecule has 0 aromatic carbocycles. The molecule has 0 radical (unpaired) electrons. The minimum absolute atomic E-state index is 0.0581. The summed E-state index contributed by atoms with van der Waals surface area (Å²) in [5, 5.41) is 21.5. The summed E-state index contributed by atoms with van der Waals surface area (Å²) in [4.78, 5) is 0. The first kappa shape index (κ1) is 27.2. The van der Waals surface area contributed by atoms with Crippen molar-refractivity contribution < 1.29 is 19.7 Å². The Bertz CT molecular complexity index is 912. The lowest BCUT2D eigenvalue weighted by atomic mass is 9.33. The summed E-state index contributed by atoms with van der Waals surface area (Å²) in [5.74, 6) is 1.47. The highest BCUT2D eigenvalue weighted by Gasteiger charge is 2.70. The Labute approximate surface area is 220 Å². The lowest BCUT2D eigenvalue weighted by Crippen LogP contribution is -2.67. The van der Waals surface area contributed by atoms with Crippen molar-refractivity contribution in [2.24, 2.45) is 50.2 Å². The van der Waals surface area contributed by atoms with Crippen LogP contribution in [0.15, 0.2) is 11.6 Å². The number of hydrogen-bond donors (Lipinski definition) is 2. The molecule has 11 atom stereocenters. The summed E-state index contributed by atoms with van der Waals surface area (Å²) in [6.07, 6.45) is 11.3. The smallest absolute Gasteiger partial charge is 0.0897 e. The summed E-state index contributed by atoms with van der Waals surface area (Å²) in [6.45, 7) is 17.2. The fourth-order valence-electron chi connectivity index (χ4n) is 11.5. The van der Waals surface area contributed by atoms with Crippen LogP contribution in [0.4, 0.5) is 0 Å². The molecule has 5 aliphatic carbocycles. The Kier molecular flexibility index (Phi) is 6.25. The topological polar surface area (TPSA) is 58.9 Å². The lowest BCUT2D eigenvalue weighted by molar-refractivity contribution is -0.231. The number of methoxy groups -OCH3 is 2. The first-order valence-electron chi connectivity index (χ1n) is 14.7. The van der Waals surface area contributed by atoms with Gasteiger partial charge in [-0.2, -0.15) is 0 Å². The van der Waals surface area contributed by atoms with Crippen LogP contribution in [0.3, 0.4) is 0 Å². The molecule has 0 amide bonds. The average Bonchev–Trinajstić information content (AvgIpc) is 2.82. The van der Waals surface area contributed by atoms with Crippen LogP contribution in [0, 0.1) is 50.2 Å². The number of hydrogen-bond acceptors (Lipinski definition) is 4. The molecular weight excluding hydrogens is 448 g/mol. The van der Waals surface area contributed by atoms with E-state index < -0.39 is 11.5 Å². The van der Waals surface area contributed by atoms with E-state index in [4.69, 9.17) is 9.47 Å². The van der Waals surface area contributed by atoms with Crippen LogP contribution in [0.2, 0.25) is 0 Å². The third-order valence-corrected chi connectivity index (χ3v) is 13.9. The second-order valence-corrected chi connectivity index (χ2v) is 15.6. The van der Waals surface area contributed by atoms with Crippen molar-refractivity contribution in [3.63, 3.8) is 0 Å². The molecule has 4 nitrogen and oxygen atoms in total. The molecule has 0 heterocycles. The van der Waals surface area contributed by atoms with Crippen molar-refractivity contribution in [1.29, 1.82) is 0 Å². The minimum atomic E-state index is -0.394. The minimum Gasteiger partial charge on any atom is -0.396 e. The van der Waals surface area contributed by atoms with Crippen LogP contribution in [-0.4, -0.2) is 49.4 Å². The highest BCUT2D eigenvalue weighted by molar-refractivity contribution is 5.34. The van der Waals surface area contributed by atoms with Gasteiger partial charge in [0.2, 0.25) is 0 Å². The number of aliphatic hydroxyl groups excluding tert-OH is 2. The van der Waals surface area contributed by atoms with Gasteiger partial charge >= 0.3 is 0 Å². The summed E-state index contributed by atoms with van der Waals surface area (Å²) >= 11 is 0. The molecule has 0 saturated heterocycles. The zero-order valence-electron chi connectivity index (χ0n) is 24.6. The Hall–Kier alpha value is -0.420. The highest BCUT2D eigenvalue weighted by Crippen LogP contribution is 2.75. The molecule has 206 valence electrons. The van der Waals surface area contributed by atoms with E-state index in [1.165, 1.54) is 19.3 Å². The van der Waals surface area contributed by atoms with Crippen molar-refractivity contribution in [3.05, 3.63) is 11.6 Å². The maximum atomic E-state index is 11.0. The van der Waals surface area contributed by atoms with Gasteiger partial charge in [0.25, 0.3) is 0 Å². The van der Waals surface area contributed by atoms with Gasteiger partial charge in [-0.15, -0.1) is 0 Å². The maximum Gasteiger partial charge on any atom is 0.0897 e. The van der Waals surface area contributed by atoms with Gasteiger partial charge in [0.05, 0.1) is 24.9 Å². The summed E-state index contributed by atoms with van der Waals surface area (Å²) in [7, 11) is 3.75. The molecule has 5 rings (SSSR count). The Morgan fingerprint density at radius 2 is 1.50 bits per heavy atom.